The molecule has 0 radical (unpaired) electrons. The maximum Gasteiger partial charge on any atom is 0.317 e. The Kier molecular flexibility index (Phi) is 3.85. The summed E-state index contributed by atoms with van der Waals surface area (Å²) in [6, 6.07) is 0. The minimum Gasteiger partial charge on any atom is -0.480 e. The monoisotopic (exact) mass is 269 g/mol. The average Bonchev–Trinajstić information content (AvgIpc) is 2.26. The van der Waals surface area contributed by atoms with Gasteiger partial charge in [0.05, 0.1) is 13.1 Å². The summed E-state index contributed by atoms with van der Waals surface area (Å²) in [5, 5.41) is 17.7. The highest BCUT2D eigenvalue weighted by Gasteiger charge is 2.54. The summed E-state index contributed by atoms with van der Waals surface area (Å²) in [7, 11) is 0. The lowest BCUT2D eigenvalue weighted by Crippen LogP contribution is -2.55. The number of carboxylic acids is 2. The van der Waals surface area contributed by atoms with E-state index in [0.29, 0.717) is 23.8 Å². The fourth-order valence-corrected chi connectivity index (χ4v) is 4.08. The molecule has 2 bridgehead atoms. The lowest BCUT2D eigenvalue weighted by atomic mass is 9.45. The Hall–Kier alpha value is -1.10. The van der Waals surface area contributed by atoms with Gasteiger partial charge in [-0.15, -0.1) is 0 Å². The van der Waals surface area contributed by atoms with E-state index in [-0.39, 0.29) is 13.1 Å². The minimum atomic E-state index is -0.956. The zero-order valence-electron chi connectivity index (χ0n) is 11.6. The molecule has 0 spiro atoms. The molecular formula is C14H23NO4. The van der Waals surface area contributed by atoms with Crippen molar-refractivity contribution in [1.29, 1.82) is 0 Å². The van der Waals surface area contributed by atoms with E-state index in [4.69, 9.17) is 10.2 Å². The van der Waals surface area contributed by atoms with Crippen LogP contribution in [0.3, 0.4) is 0 Å². The van der Waals surface area contributed by atoms with E-state index in [1.165, 1.54) is 12.8 Å². The summed E-state index contributed by atoms with van der Waals surface area (Å²) in [6.07, 6.45) is 3.53. The van der Waals surface area contributed by atoms with Crippen LogP contribution in [-0.4, -0.2) is 46.7 Å². The highest BCUT2D eigenvalue weighted by molar-refractivity contribution is 5.72. The molecule has 0 unspecified atom stereocenters. The van der Waals surface area contributed by atoms with Gasteiger partial charge in [0.2, 0.25) is 0 Å². The quantitative estimate of drug-likeness (QED) is 0.764. The summed E-state index contributed by atoms with van der Waals surface area (Å²) in [4.78, 5) is 23.2. The molecule has 3 saturated carbocycles. The lowest BCUT2D eigenvalue weighted by Gasteiger charge is -2.60. The lowest BCUT2D eigenvalue weighted by molar-refractivity contribution is -0.144. The SMILES string of the molecule is CC1(C)[C@@H]2CC[C@H](CN(CC(=O)O)CC(=O)O)[C@H]1C2. The molecule has 3 atom stereocenters. The second-order valence-electron chi connectivity index (χ2n) is 6.66. The molecule has 5 heteroatoms. The summed E-state index contributed by atoms with van der Waals surface area (Å²) >= 11 is 0. The average molecular weight is 269 g/mol. The molecule has 0 aromatic heterocycles. The van der Waals surface area contributed by atoms with Crippen LogP contribution < -0.4 is 0 Å². The highest BCUT2D eigenvalue weighted by Crippen LogP contribution is 2.61. The molecular weight excluding hydrogens is 246 g/mol. The van der Waals surface area contributed by atoms with Gasteiger partial charge in [-0.1, -0.05) is 13.8 Å². The van der Waals surface area contributed by atoms with E-state index in [0.717, 1.165) is 12.3 Å². The van der Waals surface area contributed by atoms with E-state index >= 15 is 0 Å². The number of nitrogens with zero attached hydrogens (tertiary/aromatic N) is 1. The van der Waals surface area contributed by atoms with Gasteiger partial charge in [-0.05, 0) is 42.4 Å². The third kappa shape index (κ3) is 2.91. The summed E-state index contributed by atoms with van der Waals surface area (Å²) in [6.45, 7) is 4.81. The van der Waals surface area contributed by atoms with Gasteiger partial charge in [0, 0.05) is 6.54 Å². The van der Waals surface area contributed by atoms with Crippen molar-refractivity contribution in [2.24, 2.45) is 23.2 Å². The fourth-order valence-electron chi connectivity index (χ4n) is 4.08. The van der Waals surface area contributed by atoms with Crippen LogP contribution in [0.1, 0.15) is 33.1 Å². The number of carboxylic acid groups (broad SMARTS) is 2. The van der Waals surface area contributed by atoms with Crippen molar-refractivity contribution in [3.63, 3.8) is 0 Å². The highest BCUT2D eigenvalue weighted by atomic mass is 16.4. The molecule has 19 heavy (non-hydrogen) atoms. The van der Waals surface area contributed by atoms with Gasteiger partial charge in [-0.25, -0.2) is 0 Å². The van der Waals surface area contributed by atoms with Gasteiger partial charge in [0.15, 0.2) is 0 Å². The molecule has 108 valence electrons. The number of rotatable bonds is 6. The van der Waals surface area contributed by atoms with Crippen molar-refractivity contribution in [3.8, 4) is 0 Å². The van der Waals surface area contributed by atoms with Crippen LogP contribution in [0, 0.1) is 23.2 Å². The van der Waals surface area contributed by atoms with Crippen LogP contribution in [-0.2, 0) is 9.59 Å². The van der Waals surface area contributed by atoms with Gasteiger partial charge in [0.1, 0.15) is 0 Å². The first-order valence-corrected chi connectivity index (χ1v) is 6.96. The summed E-state index contributed by atoms with van der Waals surface area (Å²) in [5.41, 5.74) is 0.348. The first kappa shape index (κ1) is 14.3. The largest absolute Gasteiger partial charge is 0.480 e. The molecule has 0 aromatic rings. The van der Waals surface area contributed by atoms with E-state index in [2.05, 4.69) is 13.8 Å². The van der Waals surface area contributed by atoms with Crippen LogP contribution in [0.4, 0.5) is 0 Å². The van der Waals surface area contributed by atoms with Crippen molar-refractivity contribution >= 4 is 11.9 Å². The molecule has 0 aromatic carbocycles. The van der Waals surface area contributed by atoms with Crippen molar-refractivity contribution < 1.29 is 19.8 Å². The van der Waals surface area contributed by atoms with Gasteiger partial charge in [-0.3, -0.25) is 14.5 Å². The van der Waals surface area contributed by atoms with Crippen LogP contribution in [0.25, 0.3) is 0 Å². The number of fused-ring (bicyclic) bond motifs is 2. The first-order valence-electron chi connectivity index (χ1n) is 6.96. The van der Waals surface area contributed by atoms with Crippen LogP contribution >= 0.6 is 0 Å². The third-order valence-electron chi connectivity index (χ3n) is 5.21. The number of hydrogen-bond donors (Lipinski definition) is 2. The third-order valence-corrected chi connectivity index (χ3v) is 5.21. The van der Waals surface area contributed by atoms with E-state index in [1.807, 2.05) is 0 Å². The zero-order valence-corrected chi connectivity index (χ0v) is 11.6. The van der Waals surface area contributed by atoms with E-state index < -0.39 is 11.9 Å². The molecule has 3 rings (SSSR count). The van der Waals surface area contributed by atoms with Crippen LogP contribution in [0.5, 0.6) is 0 Å². The molecule has 3 aliphatic rings. The second-order valence-corrected chi connectivity index (χ2v) is 6.66. The van der Waals surface area contributed by atoms with Gasteiger partial charge in [0.25, 0.3) is 0 Å². The van der Waals surface area contributed by atoms with Crippen LogP contribution in [0.15, 0.2) is 0 Å². The van der Waals surface area contributed by atoms with Crippen molar-refractivity contribution in [3.05, 3.63) is 0 Å². The summed E-state index contributed by atoms with van der Waals surface area (Å²) in [5.74, 6) is -0.0400. The fraction of sp³-hybridized carbons (Fsp3) is 0.857. The van der Waals surface area contributed by atoms with Gasteiger partial charge < -0.3 is 10.2 Å². The first-order chi connectivity index (χ1) is 8.80. The molecule has 0 amide bonds. The zero-order chi connectivity index (χ0) is 14.2. The standard InChI is InChI=1S/C14H23NO4/c1-14(2)10-4-3-9(11(14)5-10)6-15(7-12(16)17)8-13(18)19/h9-11H,3-8H2,1-2H3,(H,16,17)(H,18,19)/t9-,10-,11-/m1/s1. The topological polar surface area (TPSA) is 77.8 Å². The Morgan fingerprint density at radius 1 is 1.16 bits per heavy atom. The molecule has 5 nitrogen and oxygen atoms in total. The van der Waals surface area contributed by atoms with E-state index in [9.17, 15) is 9.59 Å². The van der Waals surface area contributed by atoms with Crippen molar-refractivity contribution in [2.45, 2.75) is 33.1 Å². The predicted octanol–water partition coefficient (Wildman–Crippen LogP) is 1.53. The maximum absolute atomic E-state index is 10.8. The van der Waals surface area contributed by atoms with E-state index in [1.54, 1.807) is 4.90 Å². The number of hydrogen-bond acceptors (Lipinski definition) is 3. The Morgan fingerprint density at radius 2 is 1.74 bits per heavy atom. The molecule has 0 saturated heterocycles. The second kappa shape index (κ2) is 5.12. The van der Waals surface area contributed by atoms with Crippen molar-refractivity contribution in [1.82, 2.24) is 4.90 Å². The Labute approximate surface area is 113 Å². The van der Waals surface area contributed by atoms with Gasteiger partial charge >= 0.3 is 11.9 Å². The van der Waals surface area contributed by atoms with Crippen molar-refractivity contribution in [2.75, 3.05) is 19.6 Å². The molecule has 2 N–H and O–H groups in total. The Balaban J connectivity index is 1.96. The smallest absolute Gasteiger partial charge is 0.317 e. The normalized spacial score (nSPS) is 31.8. The Morgan fingerprint density at radius 3 is 2.16 bits per heavy atom. The Bertz CT molecular complexity index is 362. The maximum atomic E-state index is 10.8. The molecule has 0 aliphatic heterocycles. The molecule has 3 aliphatic carbocycles. The number of aliphatic carboxylic acids is 2. The molecule has 3 fully saturated rings. The van der Waals surface area contributed by atoms with Gasteiger partial charge in [-0.2, -0.15) is 0 Å². The predicted molar refractivity (Wildman–Crippen MR) is 69.8 cm³/mol. The number of carbonyl (C=O) groups is 2. The van der Waals surface area contributed by atoms with Crippen LogP contribution in [0.2, 0.25) is 0 Å². The minimum absolute atomic E-state index is 0.181. The summed E-state index contributed by atoms with van der Waals surface area (Å²) < 4.78 is 0. The molecule has 0 heterocycles.